The molecular formula is C11H12BrF2NO2. The fourth-order valence-electron chi connectivity index (χ4n) is 1.03. The first kappa shape index (κ1) is 14.0. The van der Waals surface area contributed by atoms with Gasteiger partial charge in [-0.2, -0.15) is 0 Å². The van der Waals surface area contributed by atoms with E-state index in [1.165, 1.54) is 18.3 Å². The van der Waals surface area contributed by atoms with Crippen LogP contribution in [0.3, 0.4) is 0 Å². The summed E-state index contributed by atoms with van der Waals surface area (Å²) < 4.78 is 29.9. The molecule has 0 N–H and O–H groups in total. The average molecular weight is 308 g/mol. The van der Waals surface area contributed by atoms with Crippen molar-refractivity contribution >= 4 is 21.7 Å². The van der Waals surface area contributed by atoms with E-state index in [0.29, 0.717) is 0 Å². The maximum absolute atomic E-state index is 12.5. The second kappa shape index (κ2) is 5.53. The second-order valence-electron chi connectivity index (χ2n) is 3.72. The predicted molar refractivity (Wildman–Crippen MR) is 63.1 cm³/mol. The molecule has 94 valence electrons. The summed E-state index contributed by atoms with van der Waals surface area (Å²) in [6.45, 7) is 1.74. The Kier molecular flexibility index (Phi) is 4.56. The van der Waals surface area contributed by atoms with Gasteiger partial charge < -0.3 is 4.74 Å². The lowest BCUT2D eigenvalue weighted by atomic mass is 10.2. The summed E-state index contributed by atoms with van der Waals surface area (Å²) in [6, 6.07) is 2.89. The molecule has 3 nitrogen and oxygen atoms in total. The Labute approximate surface area is 106 Å². The van der Waals surface area contributed by atoms with Gasteiger partial charge in [0.2, 0.25) is 0 Å². The summed E-state index contributed by atoms with van der Waals surface area (Å²) in [5.41, 5.74) is 0.269. The van der Waals surface area contributed by atoms with Gasteiger partial charge in [0.25, 0.3) is 5.92 Å². The van der Waals surface area contributed by atoms with Crippen molar-refractivity contribution in [1.29, 1.82) is 0 Å². The van der Waals surface area contributed by atoms with E-state index in [9.17, 15) is 13.6 Å². The Balaban J connectivity index is 2.66. The highest BCUT2D eigenvalue weighted by molar-refractivity contribution is 9.10. The van der Waals surface area contributed by atoms with Crippen LogP contribution in [0.25, 0.3) is 0 Å². The normalized spacial score (nSPS) is 13.2. The number of aromatic nitrogens is 1. The van der Waals surface area contributed by atoms with Gasteiger partial charge in [-0.1, -0.05) is 15.9 Å². The van der Waals surface area contributed by atoms with Crippen molar-refractivity contribution in [2.75, 3.05) is 6.61 Å². The van der Waals surface area contributed by atoms with E-state index in [1.54, 1.807) is 6.92 Å². The Bertz CT molecular complexity index is 387. The second-order valence-corrected chi connectivity index (χ2v) is 5.09. The van der Waals surface area contributed by atoms with Crippen molar-refractivity contribution in [2.24, 2.45) is 0 Å². The van der Waals surface area contributed by atoms with Gasteiger partial charge >= 0.3 is 0 Å². The quantitative estimate of drug-likeness (QED) is 0.620. The molecule has 1 atom stereocenters. The summed E-state index contributed by atoms with van der Waals surface area (Å²) in [5.74, 6) is -2.85. The number of nitrogens with zero attached hydrogens (tertiary/aromatic N) is 1. The Morgan fingerprint density at radius 2 is 2.24 bits per heavy atom. The van der Waals surface area contributed by atoms with Gasteiger partial charge in [-0.25, -0.2) is 13.8 Å². The van der Waals surface area contributed by atoms with Gasteiger partial charge in [-0.15, -0.1) is 0 Å². The number of hydrogen-bond donors (Lipinski definition) is 0. The van der Waals surface area contributed by atoms with Crippen LogP contribution in [0, 0.1) is 0 Å². The third-order valence-electron chi connectivity index (χ3n) is 1.84. The zero-order chi connectivity index (χ0) is 13.1. The molecule has 0 spiro atoms. The van der Waals surface area contributed by atoms with Crippen LogP contribution in [0.15, 0.2) is 18.3 Å². The number of hydrogen-bond acceptors (Lipinski definition) is 3. The highest BCUT2D eigenvalue weighted by Crippen LogP contribution is 2.17. The minimum atomic E-state index is -2.89. The number of rotatable bonds is 5. The topological polar surface area (TPSA) is 39.2 Å². The molecular weight excluding hydrogens is 296 g/mol. The number of ether oxygens (including phenoxy) is 1. The molecule has 1 rings (SSSR count). The van der Waals surface area contributed by atoms with Crippen LogP contribution in [-0.2, 0) is 0 Å². The highest BCUT2D eigenvalue weighted by atomic mass is 79.9. The predicted octanol–water partition coefficient (Wildman–Crippen LogP) is 3.08. The Morgan fingerprint density at radius 3 is 2.65 bits per heavy atom. The summed E-state index contributed by atoms with van der Waals surface area (Å²) in [6.07, 6.45) is 1.26. The van der Waals surface area contributed by atoms with Crippen LogP contribution in [0.2, 0.25) is 0 Å². The summed E-state index contributed by atoms with van der Waals surface area (Å²) in [4.78, 5) is 15.0. The molecule has 6 heteroatoms. The number of carbonyl (C=O) groups is 1. The SMILES string of the molecule is CC(Br)C(=O)c1ccc(OCC(C)(F)F)cn1. The van der Waals surface area contributed by atoms with Gasteiger partial charge in [0.05, 0.1) is 11.0 Å². The summed E-state index contributed by atoms with van der Waals surface area (Å²) >= 11 is 3.13. The number of alkyl halides is 3. The standard InChI is InChI=1S/C11H12BrF2NO2/c1-7(12)10(16)9-4-3-8(5-15-9)17-6-11(2,13)14/h3-5,7H,6H2,1-2H3. The third kappa shape index (κ3) is 4.77. The molecule has 1 unspecified atom stereocenters. The molecule has 0 saturated carbocycles. The van der Waals surface area contributed by atoms with Crippen molar-refractivity contribution in [2.45, 2.75) is 24.6 Å². The first-order chi connectivity index (χ1) is 7.79. The fraction of sp³-hybridized carbons (Fsp3) is 0.455. The Hall–Kier alpha value is -1.04. The zero-order valence-electron chi connectivity index (χ0n) is 9.41. The molecule has 0 aromatic carbocycles. The monoisotopic (exact) mass is 307 g/mol. The molecule has 0 aliphatic heterocycles. The largest absolute Gasteiger partial charge is 0.486 e. The van der Waals surface area contributed by atoms with Gasteiger partial charge in [-0.3, -0.25) is 4.79 Å². The van der Waals surface area contributed by atoms with Crippen LogP contribution >= 0.6 is 15.9 Å². The van der Waals surface area contributed by atoms with Crippen molar-refractivity contribution in [3.8, 4) is 5.75 Å². The van der Waals surface area contributed by atoms with E-state index in [4.69, 9.17) is 4.74 Å². The highest BCUT2D eigenvalue weighted by Gasteiger charge is 2.22. The summed E-state index contributed by atoms with van der Waals surface area (Å²) in [7, 11) is 0. The van der Waals surface area contributed by atoms with Crippen molar-refractivity contribution in [3.63, 3.8) is 0 Å². The van der Waals surface area contributed by atoms with E-state index in [1.807, 2.05) is 0 Å². The zero-order valence-corrected chi connectivity index (χ0v) is 11.0. The van der Waals surface area contributed by atoms with Crippen LogP contribution in [-0.4, -0.2) is 28.1 Å². The molecule has 0 saturated heterocycles. The van der Waals surface area contributed by atoms with Gasteiger partial charge in [0.1, 0.15) is 11.4 Å². The van der Waals surface area contributed by atoms with Crippen LogP contribution in [0.5, 0.6) is 5.75 Å². The van der Waals surface area contributed by atoms with Gasteiger partial charge in [0.15, 0.2) is 12.4 Å². The van der Waals surface area contributed by atoms with Crippen LogP contribution < -0.4 is 4.74 Å². The number of carbonyl (C=O) groups excluding carboxylic acids is 1. The minimum Gasteiger partial charge on any atom is -0.486 e. The maximum atomic E-state index is 12.5. The van der Waals surface area contributed by atoms with E-state index in [-0.39, 0.29) is 22.1 Å². The smallest absolute Gasteiger partial charge is 0.278 e. The fourth-order valence-corrected chi connectivity index (χ4v) is 1.26. The van der Waals surface area contributed by atoms with E-state index in [0.717, 1.165) is 6.92 Å². The summed E-state index contributed by atoms with van der Waals surface area (Å²) in [5, 5.41) is 0. The van der Waals surface area contributed by atoms with Crippen LogP contribution in [0.1, 0.15) is 24.3 Å². The molecule has 0 bridgehead atoms. The molecule has 1 aromatic heterocycles. The first-order valence-electron chi connectivity index (χ1n) is 4.94. The average Bonchev–Trinajstić information content (AvgIpc) is 2.25. The molecule has 17 heavy (non-hydrogen) atoms. The molecule has 0 amide bonds. The third-order valence-corrected chi connectivity index (χ3v) is 2.26. The van der Waals surface area contributed by atoms with Crippen LogP contribution in [0.4, 0.5) is 8.78 Å². The lowest BCUT2D eigenvalue weighted by Crippen LogP contribution is -2.21. The van der Waals surface area contributed by atoms with Gasteiger partial charge in [-0.05, 0) is 19.1 Å². The first-order valence-corrected chi connectivity index (χ1v) is 5.86. The molecule has 0 aliphatic carbocycles. The molecule has 0 radical (unpaired) electrons. The lowest BCUT2D eigenvalue weighted by molar-refractivity contribution is -0.0230. The number of ketones is 1. The lowest BCUT2D eigenvalue weighted by Gasteiger charge is -2.11. The molecule has 0 fully saturated rings. The van der Waals surface area contributed by atoms with Crippen molar-refractivity contribution in [3.05, 3.63) is 24.0 Å². The van der Waals surface area contributed by atoms with E-state index in [2.05, 4.69) is 20.9 Å². The Morgan fingerprint density at radius 1 is 1.59 bits per heavy atom. The van der Waals surface area contributed by atoms with E-state index < -0.39 is 12.5 Å². The van der Waals surface area contributed by atoms with Crippen molar-refractivity contribution < 1.29 is 18.3 Å². The number of pyridine rings is 1. The van der Waals surface area contributed by atoms with E-state index >= 15 is 0 Å². The minimum absolute atomic E-state index is 0.169. The number of Topliss-reactive ketones (excluding diaryl/α,β-unsaturated/α-hetero) is 1. The maximum Gasteiger partial charge on any atom is 0.278 e. The van der Waals surface area contributed by atoms with Crippen molar-refractivity contribution in [1.82, 2.24) is 4.98 Å². The molecule has 0 aliphatic rings. The van der Waals surface area contributed by atoms with Gasteiger partial charge in [0, 0.05) is 6.92 Å². The number of halogens is 3. The molecule has 1 heterocycles. The molecule has 1 aromatic rings.